The van der Waals surface area contributed by atoms with Crippen molar-refractivity contribution in [1.29, 1.82) is 0 Å². The number of rotatable bonds is 0. The maximum atomic E-state index is 11.7. The van der Waals surface area contributed by atoms with Crippen molar-refractivity contribution >= 4 is 18.0 Å². The van der Waals surface area contributed by atoms with Gasteiger partial charge in [-0.3, -0.25) is 4.79 Å². The molecule has 2 fully saturated rings. The highest BCUT2D eigenvalue weighted by molar-refractivity contribution is 5.80. The lowest BCUT2D eigenvalue weighted by Gasteiger charge is -2.26. The van der Waals surface area contributed by atoms with E-state index in [2.05, 4.69) is 0 Å². The summed E-state index contributed by atoms with van der Waals surface area (Å²) < 4.78 is 10.5. The zero-order valence-electron chi connectivity index (χ0n) is 19.5. The number of amides is 2. The molecular formula is C22H40N2O6. The number of ether oxygens (including phenoxy) is 2. The van der Waals surface area contributed by atoms with Crippen molar-refractivity contribution in [3.05, 3.63) is 0 Å². The molecule has 0 aliphatic carbocycles. The van der Waals surface area contributed by atoms with Gasteiger partial charge in [0.2, 0.25) is 0 Å². The molecule has 1 unspecified atom stereocenters. The van der Waals surface area contributed by atoms with E-state index in [1.807, 2.05) is 41.5 Å². The molecule has 2 heterocycles. The predicted molar refractivity (Wildman–Crippen MR) is 114 cm³/mol. The minimum atomic E-state index is -0.465. The third-order valence-electron chi connectivity index (χ3n) is 4.55. The van der Waals surface area contributed by atoms with Crippen LogP contribution < -0.4 is 0 Å². The Morgan fingerprint density at radius 1 is 0.800 bits per heavy atom. The summed E-state index contributed by atoms with van der Waals surface area (Å²) in [6.45, 7) is 13.5. The molecule has 0 spiro atoms. The van der Waals surface area contributed by atoms with E-state index in [1.54, 1.807) is 9.80 Å². The predicted octanol–water partition coefficient (Wildman–Crippen LogP) is 3.74. The van der Waals surface area contributed by atoms with Crippen molar-refractivity contribution in [3.8, 4) is 0 Å². The molecule has 1 atom stereocenters. The largest absolute Gasteiger partial charge is 0.444 e. The lowest BCUT2D eigenvalue weighted by molar-refractivity contribution is -0.118. The molecule has 0 aromatic carbocycles. The molecular weight excluding hydrogens is 388 g/mol. The van der Waals surface area contributed by atoms with Gasteiger partial charge in [-0.15, -0.1) is 0 Å². The topological polar surface area (TPSA) is 96.4 Å². The summed E-state index contributed by atoms with van der Waals surface area (Å²) in [4.78, 5) is 37.8. The fourth-order valence-corrected chi connectivity index (χ4v) is 3.06. The Kier molecular flexibility index (Phi) is 10.1. The molecule has 0 radical (unpaired) electrons. The maximum absolute atomic E-state index is 11.7. The Bertz CT molecular complexity index is 579. The minimum Gasteiger partial charge on any atom is -0.444 e. The molecule has 0 aromatic heterocycles. The molecule has 0 aromatic rings. The smallest absolute Gasteiger partial charge is 0.410 e. The number of hydrogen-bond donors (Lipinski definition) is 1. The van der Waals surface area contributed by atoms with Gasteiger partial charge in [-0.2, -0.15) is 0 Å². The van der Waals surface area contributed by atoms with Gasteiger partial charge < -0.3 is 24.4 Å². The van der Waals surface area contributed by atoms with Crippen LogP contribution in [-0.4, -0.2) is 76.4 Å². The number of carbonyl (C=O) groups is 3. The van der Waals surface area contributed by atoms with E-state index >= 15 is 0 Å². The summed E-state index contributed by atoms with van der Waals surface area (Å²) in [5.41, 5.74) is -0.907. The third-order valence-corrected chi connectivity index (χ3v) is 4.55. The van der Waals surface area contributed by atoms with Gasteiger partial charge in [0.25, 0.3) is 0 Å². The summed E-state index contributed by atoms with van der Waals surface area (Å²) in [6, 6.07) is 0. The molecule has 2 aliphatic rings. The average molecular weight is 429 g/mol. The number of carbonyl (C=O) groups excluding carboxylic acids is 3. The van der Waals surface area contributed by atoms with Crippen LogP contribution >= 0.6 is 0 Å². The second-order valence-electron chi connectivity index (χ2n) is 9.91. The van der Waals surface area contributed by atoms with E-state index in [0.717, 1.165) is 19.3 Å². The summed E-state index contributed by atoms with van der Waals surface area (Å²) in [5.74, 6) is 0.237. The van der Waals surface area contributed by atoms with E-state index in [4.69, 9.17) is 9.47 Å². The monoisotopic (exact) mass is 428 g/mol. The fraction of sp³-hybridized carbons (Fsp3) is 0.864. The quantitative estimate of drug-likeness (QED) is 0.631. The Morgan fingerprint density at radius 2 is 1.30 bits per heavy atom. The summed E-state index contributed by atoms with van der Waals surface area (Å²) >= 11 is 0. The van der Waals surface area contributed by atoms with Crippen LogP contribution in [0.25, 0.3) is 0 Å². The third kappa shape index (κ3) is 11.4. The molecule has 2 amide bonds. The zero-order valence-corrected chi connectivity index (χ0v) is 19.5. The van der Waals surface area contributed by atoms with Gasteiger partial charge in [-0.05, 0) is 67.2 Å². The van der Waals surface area contributed by atoms with Crippen molar-refractivity contribution in [2.24, 2.45) is 0 Å². The highest BCUT2D eigenvalue weighted by Gasteiger charge is 2.25. The van der Waals surface area contributed by atoms with Crippen LogP contribution in [0.4, 0.5) is 9.59 Å². The van der Waals surface area contributed by atoms with Crippen molar-refractivity contribution < 1.29 is 29.0 Å². The van der Waals surface area contributed by atoms with Crippen LogP contribution in [0.5, 0.6) is 0 Å². The van der Waals surface area contributed by atoms with E-state index in [-0.39, 0.29) is 24.1 Å². The zero-order chi connectivity index (χ0) is 22.9. The van der Waals surface area contributed by atoms with Crippen LogP contribution in [-0.2, 0) is 14.3 Å². The first-order valence-corrected chi connectivity index (χ1v) is 10.9. The van der Waals surface area contributed by atoms with Crippen molar-refractivity contribution in [2.75, 3.05) is 26.2 Å². The first-order chi connectivity index (χ1) is 13.8. The molecule has 30 heavy (non-hydrogen) atoms. The second-order valence-corrected chi connectivity index (χ2v) is 9.91. The molecule has 1 N–H and O–H groups in total. The van der Waals surface area contributed by atoms with Crippen LogP contribution in [0.2, 0.25) is 0 Å². The Hall–Kier alpha value is -1.83. The summed E-state index contributed by atoms with van der Waals surface area (Å²) in [7, 11) is 0. The number of aliphatic hydroxyl groups is 1. The van der Waals surface area contributed by atoms with Crippen LogP contribution in [0.1, 0.15) is 80.1 Å². The van der Waals surface area contributed by atoms with E-state index in [1.165, 1.54) is 0 Å². The molecule has 2 aliphatic heterocycles. The molecule has 2 rings (SSSR count). The highest BCUT2D eigenvalue weighted by Crippen LogP contribution is 2.15. The number of Topliss-reactive ketones (excluding diaryl/α,β-unsaturated/α-hetero) is 1. The van der Waals surface area contributed by atoms with E-state index in [9.17, 15) is 19.5 Å². The van der Waals surface area contributed by atoms with Gasteiger partial charge in [0.05, 0.1) is 6.10 Å². The Balaban J connectivity index is 0.000000300. The van der Waals surface area contributed by atoms with Gasteiger partial charge in [0, 0.05) is 39.0 Å². The van der Waals surface area contributed by atoms with Gasteiger partial charge in [0.1, 0.15) is 17.0 Å². The number of likely N-dealkylation sites (tertiary alicyclic amines) is 2. The highest BCUT2D eigenvalue weighted by atomic mass is 16.6. The van der Waals surface area contributed by atoms with E-state index in [0.29, 0.717) is 45.4 Å². The standard InChI is InChI=1S/C11H21NO3.C11H19NO3/c2*1-11(2,3)15-10(14)12-7-4-5-9(13)6-8-12/h9,13H,4-8H2,1-3H3;4-8H2,1-3H3. The Morgan fingerprint density at radius 3 is 1.83 bits per heavy atom. The van der Waals surface area contributed by atoms with Gasteiger partial charge >= 0.3 is 12.2 Å². The first-order valence-electron chi connectivity index (χ1n) is 10.9. The van der Waals surface area contributed by atoms with Crippen LogP contribution in [0.3, 0.4) is 0 Å². The normalized spacial score (nSPS) is 21.0. The Labute approximate surface area is 180 Å². The number of ketones is 1. The van der Waals surface area contributed by atoms with Crippen molar-refractivity contribution in [1.82, 2.24) is 9.80 Å². The van der Waals surface area contributed by atoms with Gasteiger partial charge in [-0.25, -0.2) is 9.59 Å². The molecule has 0 saturated carbocycles. The minimum absolute atomic E-state index is 0.237. The summed E-state index contributed by atoms with van der Waals surface area (Å²) in [5, 5.41) is 9.44. The summed E-state index contributed by atoms with van der Waals surface area (Å²) in [6.07, 6.45) is 3.22. The van der Waals surface area contributed by atoms with Crippen molar-refractivity contribution in [3.63, 3.8) is 0 Å². The van der Waals surface area contributed by atoms with Gasteiger partial charge in [-0.1, -0.05) is 0 Å². The van der Waals surface area contributed by atoms with Gasteiger partial charge in [0.15, 0.2) is 0 Å². The lowest BCUT2D eigenvalue weighted by atomic mass is 10.2. The molecule has 174 valence electrons. The van der Waals surface area contributed by atoms with Crippen LogP contribution in [0.15, 0.2) is 0 Å². The van der Waals surface area contributed by atoms with E-state index < -0.39 is 11.2 Å². The first kappa shape index (κ1) is 26.2. The molecule has 2 saturated heterocycles. The number of aliphatic hydroxyl groups excluding tert-OH is 1. The average Bonchev–Trinajstić information content (AvgIpc) is 2.92. The SMILES string of the molecule is CC(C)(C)OC(=O)N1CCCC(=O)CC1.CC(C)(C)OC(=O)N1CCCC(O)CC1. The lowest BCUT2D eigenvalue weighted by Crippen LogP contribution is -2.37. The fourth-order valence-electron chi connectivity index (χ4n) is 3.06. The molecule has 0 bridgehead atoms. The van der Waals surface area contributed by atoms with Crippen LogP contribution in [0, 0.1) is 0 Å². The maximum Gasteiger partial charge on any atom is 0.410 e. The second kappa shape index (κ2) is 11.5. The number of hydrogen-bond acceptors (Lipinski definition) is 6. The number of nitrogens with zero attached hydrogens (tertiary/aromatic N) is 2. The van der Waals surface area contributed by atoms with Crippen molar-refractivity contribution in [2.45, 2.75) is 97.4 Å². The molecule has 8 nitrogen and oxygen atoms in total. The molecule has 8 heteroatoms.